The van der Waals surface area contributed by atoms with Crippen molar-refractivity contribution in [2.75, 3.05) is 37.7 Å². The molecule has 1 fully saturated rings. The number of nitrogens with two attached hydrogens (primary N) is 1. The van der Waals surface area contributed by atoms with Crippen molar-refractivity contribution in [1.29, 1.82) is 0 Å². The molecule has 4 aliphatic carbocycles. The van der Waals surface area contributed by atoms with Crippen molar-refractivity contribution in [2.45, 2.75) is 113 Å². The first-order valence-electron chi connectivity index (χ1n) is 26.4. The predicted molar refractivity (Wildman–Crippen MR) is 301 cm³/mol. The normalized spacial score (nSPS) is 16.6. The van der Waals surface area contributed by atoms with Crippen molar-refractivity contribution >= 4 is 63.8 Å². The number of hydrogen-bond acceptors (Lipinski definition) is 14. The number of amides is 2. The standard InChI is InChI=1S/C18H19FN2O3.C18H18FNO4.C11H12O4.C8H12O2.C7H8FNO/c1-18(2)7-14-16(15(22)8-18)11(9-20-14)17(23)21-13-5-4-10(24-3)6-12(13)19;1-18(2)7-14(21)16-11(9-24-15(16)8-18)17(22)20-13-5-4-10(23-3)6-12(13)19;1-11(2)3-7(12)9-6(10(13)14)5-15-8(9)4-11;1-8(2)4-6(9)3-7(10)5-8;1-10-5-2-3-7(9)6(8)4-5/h4-6,9,20H,7-8H2,1-3H3,(H,21,23);4-6,9H,7-8H2,1-3H3,(H,20,22);5H,3-4H2,1-2H3,(H,13,14);3-5H2,1-2H3;2-4H,9H2,1H3. The van der Waals surface area contributed by atoms with E-state index in [9.17, 15) is 51.5 Å². The molecule has 1 saturated carbocycles. The molecule has 6 N–H and O–H groups in total. The van der Waals surface area contributed by atoms with E-state index >= 15 is 0 Å². The van der Waals surface area contributed by atoms with Crippen LogP contribution in [0.4, 0.5) is 30.2 Å². The summed E-state index contributed by atoms with van der Waals surface area (Å²) in [5.74, 6) is -1.77. The third-order valence-corrected chi connectivity index (χ3v) is 13.9. The number of rotatable bonds is 8. The first-order valence-corrected chi connectivity index (χ1v) is 26.4. The number of carbonyl (C=O) groups is 8. The molecule has 0 atom stereocenters. The smallest absolute Gasteiger partial charge is 0.339 e. The van der Waals surface area contributed by atoms with Crippen molar-refractivity contribution in [3.05, 3.63) is 141 Å². The van der Waals surface area contributed by atoms with E-state index in [1.165, 1.54) is 76.3 Å². The van der Waals surface area contributed by atoms with Crippen molar-refractivity contribution in [2.24, 2.45) is 21.7 Å². The number of ketones is 5. The minimum Gasteiger partial charge on any atom is -0.497 e. The Kier molecular flexibility index (Phi) is 19.6. The SMILES string of the molecule is CC1(C)CC(=O)CC(=O)C1.CC1(C)CC(=O)c2c(C(=O)O)coc2C1.COc1ccc(N)c(F)c1.COc1ccc(NC(=O)c2c[nH]c3c2C(=O)CC(C)(C)C3)c(F)c1.COc1ccc(NC(=O)c2coc3c2C(=O)CC(C)(C)C3)c(F)c1. The fraction of sp³-hybridized carbons (Fsp3) is 0.387. The predicted octanol–water partition coefficient (Wildman–Crippen LogP) is 12.3. The first kappa shape index (κ1) is 63.4. The number of nitrogens with one attached hydrogen (secondary N) is 3. The van der Waals surface area contributed by atoms with E-state index in [2.05, 4.69) is 15.6 Å². The summed E-state index contributed by atoms with van der Waals surface area (Å²) in [6.07, 6.45) is 8.23. The highest BCUT2D eigenvalue weighted by molar-refractivity contribution is 6.15. The molecule has 21 heteroatoms. The Morgan fingerprint density at radius 1 is 0.530 bits per heavy atom. The van der Waals surface area contributed by atoms with Crippen molar-refractivity contribution in [1.82, 2.24) is 4.98 Å². The van der Waals surface area contributed by atoms with E-state index in [0.717, 1.165) is 12.0 Å². The van der Waals surface area contributed by atoms with E-state index in [4.69, 9.17) is 33.9 Å². The number of hydrogen-bond donors (Lipinski definition) is 5. The number of Topliss-reactive ketones (excluding diaryl/α,β-unsaturated/α-hetero) is 5. The van der Waals surface area contributed by atoms with Crippen LogP contribution >= 0.6 is 0 Å². The summed E-state index contributed by atoms with van der Waals surface area (Å²) in [6.45, 7) is 15.8. The van der Waals surface area contributed by atoms with Gasteiger partial charge >= 0.3 is 5.97 Å². The van der Waals surface area contributed by atoms with Crippen LogP contribution in [0, 0.1) is 39.1 Å². The first-order chi connectivity index (χ1) is 38.7. The number of fused-ring (bicyclic) bond motifs is 3. The number of aromatic amines is 1. The molecule has 0 saturated heterocycles. The molecule has 0 radical (unpaired) electrons. The lowest BCUT2D eigenvalue weighted by Crippen LogP contribution is -2.28. The average molecular weight is 1150 g/mol. The Morgan fingerprint density at radius 2 is 0.916 bits per heavy atom. The van der Waals surface area contributed by atoms with Gasteiger partial charge in [-0.25, -0.2) is 18.0 Å². The van der Waals surface area contributed by atoms with Gasteiger partial charge in [0.05, 0.1) is 72.6 Å². The molecule has 10 rings (SSSR count). The van der Waals surface area contributed by atoms with Gasteiger partial charge in [0, 0.05) is 75.0 Å². The number of aromatic nitrogens is 1. The molecule has 0 aliphatic heterocycles. The van der Waals surface area contributed by atoms with Crippen LogP contribution in [-0.4, -0.2) is 78.1 Å². The van der Waals surface area contributed by atoms with Crippen LogP contribution in [0.25, 0.3) is 0 Å². The van der Waals surface area contributed by atoms with Crippen molar-refractivity contribution in [3.63, 3.8) is 0 Å². The summed E-state index contributed by atoms with van der Waals surface area (Å²) in [6, 6.07) is 12.6. The Hall–Kier alpha value is -8.75. The zero-order valence-corrected chi connectivity index (χ0v) is 48.3. The zero-order chi connectivity index (χ0) is 61.5. The monoisotopic (exact) mass is 1150 g/mol. The number of benzene rings is 3. The highest BCUT2D eigenvalue weighted by Gasteiger charge is 2.39. The third kappa shape index (κ3) is 16.3. The molecule has 3 heterocycles. The summed E-state index contributed by atoms with van der Waals surface area (Å²) >= 11 is 0. The fourth-order valence-electron chi connectivity index (χ4n) is 10.1. The van der Waals surface area contributed by atoms with Crippen LogP contribution in [0.1, 0.15) is 173 Å². The number of nitrogen functional groups attached to an aromatic ring is 1. The molecule has 18 nitrogen and oxygen atoms in total. The highest BCUT2D eigenvalue weighted by atomic mass is 19.1. The second kappa shape index (κ2) is 25.6. The van der Waals surface area contributed by atoms with Gasteiger partial charge in [0.15, 0.2) is 17.3 Å². The number of anilines is 3. The number of carboxylic acids is 1. The third-order valence-electron chi connectivity index (χ3n) is 13.9. The molecule has 2 amide bonds. The molecular weight excluding hydrogens is 1080 g/mol. The van der Waals surface area contributed by atoms with Gasteiger partial charge in [-0.15, -0.1) is 0 Å². The molecule has 3 aromatic heterocycles. The number of aromatic carboxylic acids is 1. The lowest BCUT2D eigenvalue weighted by molar-refractivity contribution is -0.133. The number of carboxylic acid groups (broad SMARTS) is 1. The minimum atomic E-state index is -1.10. The maximum atomic E-state index is 14.0. The minimum absolute atomic E-state index is 0.00880. The molecule has 0 spiro atoms. The van der Waals surface area contributed by atoms with E-state index in [-0.39, 0.29) is 96.3 Å². The summed E-state index contributed by atoms with van der Waals surface area (Å²) in [4.78, 5) is 97.0. The van der Waals surface area contributed by atoms with Gasteiger partial charge < -0.3 is 49.5 Å². The van der Waals surface area contributed by atoms with Crippen molar-refractivity contribution < 1.29 is 79.7 Å². The number of H-pyrrole nitrogens is 1. The van der Waals surface area contributed by atoms with Gasteiger partial charge in [-0.3, -0.25) is 33.6 Å². The van der Waals surface area contributed by atoms with Crippen LogP contribution < -0.4 is 30.6 Å². The number of carbonyl (C=O) groups excluding carboxylic acids is 7. The van der Waals surface area contributed by atoms with Gasteiger partial charge in [0.25, 0.3) is 11.8 Å². The Bertz CT molecular complexity index is 3340. The molecule has 0 bridgehead atoms. The maximum absolute atomic E-state index is 14.0. The number of halogens is 3. The van der Waals surface area contributed by atoms with Gasteiger partial charge in [0.1, 0.15) is 75.9 Å². The Labute approximate surface area is 478 Å². The second-order valence-electron chi connectivity index (χ2n) is 23.8. The highest BCUT2D eigenvalue weighted by Crippen LogP contribution is 2.40. The lowest BCUT2D eigenvalue weighted by atomic mass is 9.75. The Morgan fingerprint density at radius 3 is 1.34 bits per heavy atom. The Balaban J connectivity index is 0.000000175. The van der Waals surface area contributed by atoms with Crippen LogP contribution in [0.15, 0.2) is 82.2 Å². The maximum Gasteiger partial charge on any atom is 0.339 e. The molecule has 3 aromatic carbocycles. The average Bonchev–Trinajstić information content (AvgIpc) is 2.79. The molecule has 83 heavy (non-hydrogen) atoms. The van der Waals surface area contributed by atoms with Crippen LogP contribution in [0.2, 0.25) is 0 Å². The lowest BCUT2D eigenvalue weighted by Gasteiger charge is -2.28. The molecule has 442 valence electrons. The molecular formula is C62H69F3N4O14. The molecule has 0 unspecified atom stereocenters. The molecule has 4 aliphatic rings. The van der Waals surface area contributed by atoms with Gasteiger partial charge in [-0.05, 0) is 64.5 Å². The number of methoxy groups -OCH3 is 3. The van der Waals surface area contributed by atoms with Crippen molar-refractivity contribution in [3.8, 4) is 17.2 Å². The van der Waals surface area contributed by atoms with Gasteiger partial charge in [-0.2, -0.15) is 0 Å². The quantitative estimate of drug-likeness (QED) is 0.0700. The summed E-state index contributed by atoms with van der Waals surface area (Å²) in [7, 11) is 4.34. The van der Waals surface area contributed by atoms with Crippen LogP contribution in [0.3, 0.4) is 0 Å². The van der Waals surface area contributed by atoms with E-state index in [1.807, 2.05) is 55.4 Å². The number of ether oxygens (including phenoxy) is 3. The van der Waals surface area contributed by atoms with Crippen LogP contribution in [0.5, 0.6) is 17.2 Å². The zero-order valence-electron chi connectivity index (χ0n) is 48.3. The van der Waals surface area contributed by atoms with Crippen LogP contribution in [-0.2, 0) is 28.9 Å². The van der Waals surface area contributed by atoms with E-state index in [1.54, 1.807) is 12.1 Å². The summed E-state index contributed by atoms with van der Waals surface area (Å²) in [5.41, 5.74) is 6.99. The summed E-state index contributed by atoms with van der Waals surface area (Å²) in [5, 5.41) is 13.9. The van der Waals surface area contributed by atoms with Gasteiger partial charge in [-0.1, -0.05) is 55.4 Å². The van der Waals surface area contributed by atoms with Gasteiger partial charge in [0.2, 0.25) is 0 Å². The summed E-state index contributed by atoms with van der Waals surface area (Å²) < 4.78 is 65.7. The van der Waals surface area contributed by atoms with E-state index < -0.39 is 35.2 Å². The number of furan rings is 2. The largest absolute Gasteiger partial charge is 0.497 e. The molecule has 6 aromatic rings. The fourth-order valence-corrected chi connectivity index (χ4v) is 10.1. The second-order valence-corrected chi connectivity index (χ2v) is 23.8. The van der Waals surface area contributed by atoms with E-state index in [0.29, 0.717) is 91.3 Å². The topological polar surface area (TPSA) is 277 Å².